The number of halogens is 1. The minimum absolute atomic E-state index is 0.149. The van der Waals surface area contributed by atoms with Gasteiger partial charge in [-0.15, -0.1) is 0 Å². The molecule has 0 saturated heterocycles. The number of hydrogen-bond donors (Lipinski definition) is 1. The Morgan fingerprint density at radius 3 is 2.42 bits per heavy atom. The minimum Gasteiger partial charge on any atom is -0.313 e. The summed E-state index contributed by atoms with van der Waals surface area (Å²) in [5.41, 5.74) is 2.58. The van der Waals surface area contributed by atoms with Gasteiger partial charge in [-0.05, 0) is 61.4 Å². The smallest absolute Gasteiger partial charge is 0.123 e. The van der Waals surface area contributed by atoms with Crippen LogP contribution in [0.1, 0.15) is 57.7 Å². The Morgan fingerprint density at radius 1 is 1.26 bits per heavy atom. The third kappa shape index (κ3) is 5.32. The Kier molecular flexibility index (Phi) is 5.54. The van der Waals surface area contributed by atoms with Crippen LogP contribution in [0.15, 0.2) is 18.2 Å². The van der Waals surface area contributed by atoms with Crippen molar-refractivity contribution in [2.24, 2.45) is 11.3 Å². The molecule has 2 atom stereocenters. The molecule has 0 heterocycles. The summed E-state index contributed by atoms with van der Waals surface area (Å²) in [6, 6.07) is 5.29. The highest BCUT2D eigenvalue weighted by atomic mass is 19.1. The lowest BCUT2D eigenvalue weighted by molar-refractivity contribution is 0.278. The normalized spacial score (nSPS) is 15.3. The Bertz CT molecular complexity index is 406. The Balaban J connectivity index is 2.80. The molecule has 0 aliphatic heterocycles. The molecule has 1 aromatic carbocycles. The zero-order valence-electron chi connectivity index (χ0n) is 13.2. The summed E-state index contributed by atoms with van der Waals surface area (Å²) >= 11 is 0. The van der Waals surface area contributed by atoms with Crippen molar-refractivity contribution in [1.29, 1.82) is 0 Å². The summed E-state index contributed by atoms with van der Waals surface area (Å²) < 4.78 is 13.4. The summed E-state index contributed by atoms with van der Waals surface area (Å²) in [5.74, 6) is 0.462. The van der Waals surface area contributed by atoms with Crippen molar-refractivity contribution in [2.75, 3.05) is 7.05 Å². The summed E-state index contributed by atoms with van der Waals surface area (Å²) in [5, 5.41) is 3.34. The second kappa shape index (κ2) is 6.51. The molecule has 0 fully saturated rings. The third-order valence-electron chi connectivity index (χ3n) is 3.56. The molecule has 19 heavy (non-hydrogen) atoms. The van der Waals surface area contributed by atoms with Crippen LogP contribution in [0.5, 0.6) is 0 Å². The summed E-state index contributed by atoms with van der Waals surface area (Å²) in [6.07, 6.45) is 2.22. The van der Waals surface area contributed by atoms with Crippen LogP contribution in [-0.2, 0) is 0 Å². The van der Waals surface area contributed by atoms with Gasteiger partial charge in [-0.1, -0.05) is 33.8 Å². The Hall–Kier alpha value is -0.890. The van der Waals surface area contributed by atoms with Crippen molar-refractivity contribution in [1.82, 2.24) is 5.32 Å². The van der Waals surface area contributed by atoms with E-state index >= 15 is 0 Å². The highest BCUT2D eigenvalue weighted by Crippen LogP contribution is 2.31. The first kappa shape index (κ1) is 16.2. The van der Waals surface area contributed by atoms with Gasteiger partial charge in [-0.25, -0.2) is 4.39 Å². The molecule has 2 unspecified atom stereocenters. The quantitative estimate of drug-likeness (QED) is 0.802. The Morgan fingerprint density at radius 2 is 1.89 bits per heavy atom. The van der Waals surface area contributed by atoms with Gasteiger partial charge in [0.1, 0.15) is 5.82 Å². The van der Waals surface area contributed by atoms with Gasteiger partial charge in [0.25, 0.3) is 0 Å². The fraction of sp³-hybridized carbons (Fsp3) is 0.647. The second-order valence-electron chi connectivity index (χ2n) is 6.95. The summed E-state index contributed by atoms with van der Waals surface area (Å²) in [7, 11) is 1.96. The molecule has 1 nitrogen and oxygen atoms in total. The summed E-state index contributed by atoms with van der Waals surface area (Å²) in [4.78, 5) is 0. The van der Waals surface area contributed by atoms with Gasteiger partial charge in [-0.3, -0.25) is 0 Å². The molecule has 0 radical (unpaired) electrons. The van der Waals surface area contributed by atoms with Gasteiger partial charge >= 0.3 is 0 Å². The molecular formula is C17H28FN. The van der Waals surface area contributed by atoms with Crippen LogP contribution in [0, 0.1) is 24.1 Å². The second-order valence-corrected chi connectivity index (χ2v) is 6.95. The molecule has 0 amide bonds. The fourth-order valence-electron chi connectivity index (χ4n) is 2.92. The molecule has 0 spiro atoms. The van der Waals surface area contributed by atoms with Gasteiger partial charge in [-0.2, -0.15) is 0 Å². The SMILES string of the molecule is CNC(CC(C)CC(C)(C)C)c1cc(F)ccc1C. The van der Waals surface area contributed by atoms with Crippen LogP contribution < -0.4 is 5.32 Å². The molecule has 1 N–H and O–H groups in total. The molecule has 0 saturated carbocycles. The van der Waals surface area contributed by atoms with E-state index in [0.717, 1.165) is 17.5 Å². The molecule has 0 aliphatic carbocycles. The van der Waals surface area contributed by atoms with E-state index in [9.17, 15) is 4.39 Å². The van der Waals surface area contributed by atoms with E-state index in [0.29, 0.717) is 11.3 Å². The maximum absolute atomic E-state index is 13.4. The third-order valence-corrected chi connectivity index (χ3v) is 3.56. The van der Waals surface area contributed by atoms with Gasteiger partial charge in [0.05, 0.1) is 0 Å². The first-order chi connectivity index (χ1) is 8.73. The van der Waals surface area contributed by atoms with Crippen molar-refractivity contribution in [3.8, 4) is 0 Å². The number of rotatable bonds is 5. The largest absolute Gasteiger partial charge is 0.313 e. The van der Waals surface area contributed by atoms with Crippen LogP contribution in [0.4, 0.5) is 4.39 Å². The van der Waals surface area contributed by atoms with Crippen LogP contribution in [0.2, 0.25) is 0 Å². The predicted molar refractivity (Wildman–Crippen MR) is 80.8 cm³/mol. The topological polar surface area (TPSA) is 12.0 Å². The Labute approximate surface area is 117 Å². The fourth-order valence-corrected chi connectivity index (χ4v) is 2.92. The molecular weight excluding hydrogens is 237 g/mol. The van der Waals surface area contributed by atoms with E-state index in [-0.39, 0.29) is 11.9 Å². The lowest BCUT2D eigenvalue weighted by atomic mass is 9.81. The highest BCUT2D eigenvalue weighted by molar-refractivity contribution is 5.29. The van der Waals surface area contributed by atoms with Crippen LogP contribution in [0.3, 0.4) is 0 Å². The molecule has 0 aliphatic rings. The van der Waals surface area contributed by atoms with Gasteiger partial charge in [0.2, 0.25) is 0 Å². The molecule has 1 rings (SSSR count). The van der Waals surface area contributed by atoms with Gasteiger partial charge < -0.3 is 5.32 Å². The number of nitrogens with one attached hydrogen (secondary N) is 1. The van der Waals surface area contributed by atoms with Crippen LogP contribution in [-0.4, -0.2) is 7.05 Å². The lowest BCUT2D eigenvalue weighted by Crippen LogP contribution is -2.22. The van der Waals surface area contributed by atoms with E-state index in [2.05, 4.69) is 33.0 Å². The van der Waals surface area contributed by atoms with Crippen molar-refractivity contribution < 1.29 is 4.39 Å². The number of aryl methyl sites for hydroxylation is 1. The molecule has 108 valence electrons. The predicted octanol–water partition coefficient (Wildman–Crippen LogP) is 4.86. The van der Waals surface area contributed by atoms with Crippen molar-refractivity contribution >= 4 is 0 Å². The zero-order valence-corrected chi connectivity index (χ0v) is 13.2. The van der Waals surface area contributed by atoms with E-state index in [1.54, 1.807) is 6.07 Å². The van der Waals surface area contributed by atoms with Crippen molar-refractivity contribution in [2.45, 2.75) is 53.5 Å². The molecule has 2 heteroatoms. The van der Waals surface area contributed by atoms with Gasteiger partial charge in [0, 0.05) is 6.04 Å². The number of hydrogen-bond acceptors (Lipinski definition) is 1. The number of benzene rings is 1. The van der Waals surface area contributed by atoms with E-state index in [1.807, 2.05) is 20.0 Å². The molecule has 1 aromatic rings. The van der Waals surface area contributed by atoms with Crippen molar-refractivity contribution in [3.63, 3.8) is 0 Å². The molecule has 0 aromatic heterocycles. The molecule has 0 bridgehead atoms. The standard InChI is InChI=1S/C17H28FN/c1-12(11-17(3,4)5)9-16(19-6)15-10-14(18)8-7-13(15)2/h7-8,10,12,16,19H,9,11H2,1-6H3. The lowest BCUT2D eigenvalue weighted by Gasteiger charge is -2.27. The van der Waals surface area contributed by atoms with Crippen molar-refractivity contribution in [3.05, 3.63) is 35.1 Å². The van der Waals surface area contributed by atoms with E-state index in [4.69, 9.17) is 0 Å². The van der Waals surface area contributed by atoms with E-state index in [1.165, 1.54) is 12.5 Å². The van der Waals surface area contributed by atoms with E-state index < -0.39 is 0 Å². The monoisotopic (exact) mass is 265 g/mol. The average Bonchev–Trinajstić information content (AvgIpc) is 2.27. The summed E-state index contributed by atoms with van der Waals surface area (Å²) in [6.45, 7) is 11.1. The van der Waals surface area contributed by atoms with Crippen LogP contribution in [0.25, 0.3) is 0 Å². The highest BCUT2D eigenvalue weighted by Gasteiger charge is 2.20. The van der Waals surface area contributed by atoms with Gasteiger partial charge in [0.15, 0.2) is 0 Å². The maximum Gasteiger partial charge on any atom is 0.123 e. The minimum atomic E-state index is -0.149. The maximum atomic E-state index is 13.4. The average molecular weight is 265 g/mol. The zero-order chi connectivity index (χ0) is 14.6. The first-order valence-electron chi connectivity index (χ1n) is 7.16. The first-order valence-corrected chi connectivity index (χ1v) is 7.16. The van der Waals surface area contributed by atoms with Crippen LogP contribution >= 0.6 is 0 Å².